The van der Waals surface area contributed by atoms with Crippen LogP contribution in [0, 0.1) is 5.92 Å². The third kappa shape index (κ3) is 2.98. The maximum Gasteiger partial charge on any atom is 0.165 e. The van der Waals surface area contributed by atoms with Gasteiger partial charge in [0.15, 0.2) is 5.78 Å². The van der Waals surface area contributed by atoms with Crippen LogP contribution < -0.4 is 0 Å². The van der Waals surface area contributed by atoms with Crippen LogP contribution in [0.25, 0.3) is 0 Å². The Bertz CT molecular complexity index is 562. The van der Waals surface area contributed by atoms with Crippen molar-refractivity contribution in [3.8, 4) is 0 Å². The predicted molar refractivity (Wildman–Crippen MR) is 82.0 cm³/mol. The van der Waals surface area contributed by atoms with Crippen LogP contribution >= 0.6 is 0 Å². The smallest absolute Gasteiger partial charge is 0.165 e. The maximum absolute atomic E-state index is 12.3. The number of carbonyl (C=O) groups excluding carboxylic acids is 1. The topological polar surface area (TPSA) is 17.1 Å². The normalized spacial score (nSPS) is 15.4. The van der Waals surface area contributed by atoms with Crippen molar-refractivity contribution < 1.29 is 4.79 Å². The van der Waals surface area contributed by atoms with Gasteiger partial charge in [0.1, 0.15) is 0 Å². The monoisotopic (exact) mass is 264 g/mol. The van der Waals surface area contributed by atoms with Crippen LogP contribution in [0.15, 0.2) is 54.6 Å². The number of Topliss-reactive ketones (excluding diaryl/α,β-unsaturated/α-hetero) is 1. The zero-order valence-electron chi connectivity index (χ0n) is 11.7. The third-order valence-electron chi connectivity index (χ3n) is 4.22. The van der Waals surface area contributed by atoms with Gasteiger partial charge in [-0.1, -0.05) is 67.4 Å². The van der Waals surface area contributed by atoms with Crippen molar-refractivity contribution in [2.75, 3.05) is 0 Å². The van der Waals surface area contributed by atoms with Crippen molar-refractivity contribution in [2.24, 2.45) is 5.92 Å². The van der Waals surface area contributed by atoms with Gasteiger partial charge in [0, 0.05) is 11.5 Å². The molecule has 0 aliphatic heterocycles. The molecule has 1 fully saturated rings. The first kappa shape index (κ1) is 13.1. The van der Waals surface area contributed by atoms with Crippen molar-refractivity contribution in [1.82, 2.24) is 0 Å². The van der Waals surface area contributed by atoms with Crippen LogP contribution in [0.1, 0.15) is 47.2 Å². The molecule has 0 radical (unpaired) electrons. The summed E-state index contributed by atoms with van der Waals surface area (Å²) in [7, 11) is 0. The second-order valence-corrected chi connectivity index (χ2v) is 5.70. The first-order chi connectivity index (χ1) is 9.83. The molecule has 1 nitrogen and oxygen atoms in total. The van der Waals surface area contributed by atoms with Gasteiger partial charge in [-0.05, 0) is 30.4 Å². The first-order valence-corrected chi connectivity index (χ1v) is 7.50. The van der Waals surface area contributed by atoms with Gasteiger partial charge in [-0.25, -0.2) is 0 Å². The summed E-state index contributed by atoms with van der Waals surface area (Å²) in [6, 6.07) is 18.6. The van der Waals surface area contributed by atoms with E-state index in [1.807, 2.05) is 18.2 Å². The summed E-state index contributed by atoms with van der Waals surface area (Å²) in [5, 5.41) is 0. The molecule has 0 heterocycles. The molecule has 0 spiro atoms. The zero-order valence-corrected chi connectivity index (χ0v) is 11.7. The van der Waals surface area contributed by atoms with Gasteiger partial charge in [0.25, 0.3) is 0 Å². The zero-order chi connectivity index (χ0) is 13.8. The molecule has 0 amide bonds. The predicted octanol–water partition coefficient (Wildman–Crippen LogP) is 4.65. The molecule has 0 saturated heterocycles. The van der Waals surface area contributed by atoms with Crippen LogP contribution in [-0.4, -0.2) is 5.78 Å². The fourth-order valence-corrected chi connectivity index (χ4v) is 3.04. The molecule has 0 bridgehead atoms. The van der Waals surface area contributed by atoms with E-state index in [9.17, 15) is 4.79 Å². The Hall–Kier alpha value is -1.89. The SMILES string of the molecule is O=C(c1ccc(Cc2ccccc2)cc1)C1CCCC1. The Labute approximate surface area is 120 Å². The van der Waals surface area contributed by atoms with Crippen molar-refractivity contribution in [2.45, 2.75) is 32.1 Å². The van der Waals surface area contributed by atoms with E-state index in [0.717, 1.165) is 24.8 Å². The Morgan fingerprint density at radius 3 is 2.10 bits per heavy atom. The van der Waals surface area contributed by atoms with Crippen molar-refractivity contribution in [3.05, 3.63) is 71.3 Å². The summed E-state index contributed by atoms with van der Waals surface area (Å²) < 4.78 is 0. The van der Waals surface area contributed by atoms with E-state index < -0.39 is 0 Å². The quantitative estimate of drug-likeness (QED) is 0.735. The highest BCUT2D eigenvalue weighted by Crippen LogP contribution is 2.28. The lowest BCUT2D eigenvalue weighted by molar-refractivity contribution is 0.0923. The van der Waals surface area contributed by atoms with Crippen molar-refractivity contribution in [1.29, 1.82) is 0 Å². The van der Waals surface area contributed by atoms with E-state index in [1.54, 1.807) is 0 Å². The summed E-state index contributed by atoms with van der Waals surface area (Å²) in [6.07, 6.45) is 5.50. The van der Waals surface area contributed by atoms with E-state index in [4.69, 9.17) is 0 Å². The van der Waals surface area contributed by atoms with E-state index >= 15 is 0 Å². The van der Waals surface area contributed by atoms with Gasteiger partial charge < -0.3 is 0 Å². The maximum atomic E-state index is 12.3. The van der Waals surface area contributed by atoms with Crippen molar-refractivity contribution >= 4 is 5.78 Å². The molecule has 1 heteroatoms. The number of rotatable bonds is 4. The van der Waals surface area contributed by atoms with Gasteiger partial charge >= 0.3 is 0 Å². The van der Waals surface area contributed by atoms with Crippen LogP contribution in [-0.2, 0) is 6.42 Å². The number of hydrogen-bond donors (Lipinski definition) is 0. The molecule has 1 aliphatic carbocycles. The second-order valence-electron chi connectivity index (χ2n) is 5.70. The largest absolute Gasteiger partial charge is 0.294 e. The minimum atomic E-state index is 0.273. The molecule has 0 aromatic heterocycles. The van der Waals surface area contributed by atoms with E-state index in [0.29, 0.717) is 5.78 Å². The van der Waals surface area contributed by atoms with Crippen LogP contribution in [0.4, 0.5) is 0 Å². The highest BCUT2D eigenvalue weighted by atomic mass is 16.1. The highest BCUT2D eigenvalue weighted by Gasteiger charge is 2.23. The molecule has 2 aromatic carbocycles. The minimum absolute atomic E-state index is 0.273. The molecule has 2 aromatic rings. The molecule has 0 N–H and O–H groups in total. The van der Waals surface area contributed by atoms with E-state index in [2.05, 4.69) is 36.4 Å². The number of benzene rings is 2. The second kappa shape index (κ2) is 6.04. The Morgan fingerprint density at radius 2 is 1.45 bits per heavy atom. The number of hydrogen-bond acceptors (Lipinski definition) is 1. The summed E-state index contributed by atoms with van der Waals surface area (Å²) >= 11 is 0. The fraction of sp³-hybridized carbons (Fsp3) is 0.316. The minimum Gasteiger partial charge on any atom is -0.294 e. The van der Waals surface area contributed by atoms with Gasteiger partial charge in [-0.2, -0.15) is 0 Å². The lowest BCUT2D eigenvalue weighted by Gasteiger charge is -2.08. The van der Waals surface area contributed by atoms with Crippen LogP contribution in [0.5, 0.6) is 0 Å². The van der Waals surface area contributed by atoms with Gasteiger partial charge in [0.2, 0.25) is 0 Å². The molecule has 0 atom stereocenters. The molecule has 3 rings (SSSR count). The van der Waals surface area contributed by atoms with Crippen molar-refractivity contribution in [3.63, 3.8) is 0 Å². The number of carbonyl (C=O) groups is 1. The fourth-order valence-electron chi connectivity index (χ4n) is 3.04. The third-order valence-corrected chi connectivity index (χ3v) is 4.22. The molecule has 1 saturated carbocycles. The molecular formula is C19H20O. The Kier molecular flexibility index (Phi) is 3.96. The summed E-state index contributed by atoms with van der Waals surface area (Å²) in [6.45, 7) is 0. The summed E-state index contributed by atoms with van der Waals surface area (Å²) in [5.41, 5.74) is 3.45. The van der Waals surface area contributed by atoms with Crippen LogP contribution in [0.2, 0.25) is 0 Å². The van der Waals surface area contributed by atoms with E-state index in [1.165, 1.54) is 24.0 Å². The summed E-state index contributed by atoms with van der Waals surface area (Å²) in [5.74, 6) is 0.615. The molecule has 20 heavy (non-hydrogen) atoms. The molecule has 0 unspecified atom stereocenters. The average Bonchev–Trinajstić information content (AvgIpc) is 3.03. The van der Waals surface area contributed by atoms with Gasteiger partial charge in [0.05, 0.1) is 0 Å². The lowest BCUT2D eigenvalue weighted by atomic mass is 9.95. The van der Waals surface area contributed by atoms with Gasteiger partial charge in [-0.15, -0.1) is 0 Å². The molecule has 102 valence electrons. The highest BCUT2D eigenvalue weighted by molar-refractivity contribution is 5.98. The lowest BCUT2D eigenvalue weighted by Crippen LogP contribution is -2.10. The average molecular weight is 264 g/mol. The van der Waals surface area contributed by atoms with Crippen LogP contribution in [0.3, 0.4) is 0 Å². The van der Waals surface area contributed by atoms with Gasteiger partial charge in [-0.3, -0.25) is 4.79 Å². The Balaban J connectivity index is 1.69. The number of ketones is 1. The molecule has 1 aliphatic rings. The molecular weight excluding hydrogens is 244 g/mol. The summed E-state index contributed by atoms with van der Waals surface area (Å²) in [4.78, 5) is 12.3. The van der Waals surface area contributed by atoms with E-state index in [-0.39, 0.29) is 5.92 Å². The first-order valence-electron chi connectivity index (χ1n) is 7.50. The standard InChI is InChI=1S/C19H20O/c20-19(17-8-4-5-9-17)18-12-10-16(11-13-18)14-15-6-2-1-3-7-15/h1-3,6-7,10-13,17H,4-5,8-9,14H2. The Morgan fingerprint density at radius 1 is 0.850 bits per heavy atom.